The molecule has 0 radical (unpaired) electrons. The number of benzene rings is 2. The average molecular weight is 528 g/mol. The number of hydrogen-bond donors (Lipinski definition) is 1. The van der Waals surface area contributed by atoms with E-state index in [9.17, 15) is 28.9 Å². The molecule has 38 heavy (non-hydrogen) atoms. The van der Waals surface area contributed by atoms with E-state index < -0.39 is 28.0 Å². The Morgan fingerprint density at radius 3 is 2.37 bits per heavy atom. The van der Waals surface area contributed by atoms with Crippen molar-refractivity contribution in [2.24, 2.45) is 14.1 Å². The molecule has 2 aromatic carbocycles. The van der Waals surface area contributed by atoms with Crippen LogP contribution in [0.25, 0.3) is 0 Å². The number of nitrogens with zero attached hydrogens (tertiary/aromatic N) is 4. The number of aromatic nitrogens is 2. The maximum Gasteiger partial charge on any atom is 0.338 e. The van der Waals surface area contributed by atoms with Crippen LogP contribution in [0, 0.1) is 15.9 Å². The van der Waals surface area contributed by atoms with Gasteiger partial charge in [0.15, 0.2) is 0 Å². The van der Waals surface area contributed by atoms with Gasteiger partial charge >= 0.3 is 11.7 Å². The first-order valence-electron chi connectivity index (χ1n) is 12.0. The number of aryl methyl sites for hydroxylation is 1. The first-order valence-corrected chi connectivity index (χ1v) is 12.0. The summed E-state index contributed by atoms with van der Waals surface area (Å²) in [4.78, 5) is 48.9. The van der Waals surface area contributed by atoms with Gasteiger partial charge in [-0.15, -0.1) is 0 Å². The van der Waals surface area contributed by atoms with E-state index >= 15 is 0 Å². The third kappa shape index (κ3) is 7.84. The number of anilines is 1. The minimum atomic E-state index is -0.552. The second kappa shape index (κ2) is 13.3. The zero-order valence-electron chi connectivity index (χ0n) is 21.3. The Kier molecular flexibility index (Phi) is 9.88. The monoisotopic (exact) mass is 527 g/mol. The molecule has 0 aliphatic carbocycles. The number of ether oxygens (including phenoxy) is 1. The number of non-ortho nitro benzene ring substituents is 1. The highest BCUT2D eigenvalue weighted by atomic mass is 19.1. The summed E-state index contributed by atoms with van der Waals surface area (Å²) in [6.07, 6.45) is 1.44. The summed E-state index contributed by atoms with van der Waals surface area (Å²) in [5.74, 6) is -0.599. The molecule has 12 heteroatoms. The second-order valence-corrected chi connectivity index (χ2v) is 8.71. The minimum Gasteiger partial charge on any atom is -0.461 e. The van der Waals surface area contributed by atoms with Crippen LogP contribution in [0.15, 0.2) is 64.2 Å². The van der Waals surface area contributed by atoms with Crippen LogP contribution in [0.2, 0.25) is 0 Å². The van der Waals surface area contributed by atoms with Gasteiger partial charge in [-0.3, -0.25) is 28.9 Å². The number of halogens is 1. The third-order valence-corrected chi connectivity index (χ3v) is 6.07. The summed E-state index contributed by atoms with van der Waals surface area (Å²) < 4.78 is 20.8. The predicted molar refractivity (Wildman–Crippen MR) is 140 cm³/mol. The fourth-order valence-electron chi connectivity index (χ4n) is 3.81. The zero-order valence-corrected chi connectivity index (χ0v) is 21.3. The van der Waals surface area contributed by atoms with Crippen LogP contribution in [0.4, 0.5) is 15.9 Å². The maximum atomic E-state index is 13.1. The van der Waals surface area contributed by atoms with Crippen molar-refractivity contribution in [3.8, 4) is 0 Å². The summed E-state index contributed by atoms with van der Waals surface area (Å²) >= 11 is 0. The Balaban J connectivity index is 1.57. The maximum absolute atomic E-state index is 13.1. The van der Waals surface area contributed by atoms with Gasteiger partial charge in [-0.1, -0.05) is 12.1 Å². The number of nitrogens with one attached hydrogen (secondary N) is 1. The molecule has 202 valence electrons. The summed E-state index contributed by atoms with van der Waals surface area (Å²) in [7, 11) is 2.98. The van der Waals surface area contributed by atoms with Gasteiger partial charge in [0.25, 0.3) is 11.2 Å². The molecule has 0 atom stereocenters. The number of rotatable bonds is 13. The molecule has 0 unspecified atom stereocenters. The smallest absolute Gasteiger partial charge is 0.338 e. The van der Waals surface area contributed by atoms with Crippen LogP contribution in [0.1, 0.15) is 22.3 Å². The van der Waals surface area contributed by atoms with Crippen LogP contribution in [-0.4, -0.2) is 57.7 Å². The molecule has 0 bridgehead atoms. The average Bonchev–Trinajstić information content (AvgIpc) is 2.90. The van der Waals surface area contributed by atoms with E-state index in [-0.39, 0.29) is 17.9 Å². The van der Waals surface area contributed by atoms with Crippen molar-refractivity contribution in [3.05, 3.63) is 102 Å². The van der Waals surface area contributed by atoms with Crippen LogP contribution in [0.3, 0.4) is 0 Å². The van der Waals surface area contributed by atoms with Gasteiger partial charge in [0, 0.05) is 51.9 Å². The van der Waals surface area contributed by atoms with Crippen molar-refractivity contribution in [2.45, 2.75) is 12.8 Å². The topological polar surface area (TPSA) is 129 Å². The molecule has 3 aromatic rings. The first kappa shape index (κ1) is 28.3. The number of nitro benzene ring substituents is 1. The molecule has 0 aliphatic heterocycles. The highest BCUT2D eigenvalue weighted by molar-refractivity contribution is 5.89. The number of hydrogen-bond acceptors (Lipinski definition) is 8. The lowest BCUT2D eigenvalue weighted by Gasteiger charge is -2.23. The number of carbonyl (C=O) groups is 1. The Labute approximate surface area is 218 Å². The predicted octanol–water partition coefficient (Wildman–Crippen LogP) is 2.33. The lowest BCUT2D eigenvalue weighted by atomic mass is 10.1. The summed E-state index contributed by atoms with van der Waals surface area (Å²) in [6, 6.07) is 12.9. The van der Waals surface area contributed by atoms with Gasteiger partial charge in [0.1, 0.15) is 18.2 Å². The van der Waals surface area contributed by atoms with Gasteiger partial charge in [-0.05, 0) is 49.2 Å². The Morgan fingerprint density at radius 1 is 1.03 bits per heavy atom. The van der Waals surface area contributed by atoms with Crippen LogP contribution < -0.4 is 16.6 Å². The Hall–Kier alpha value is -4.32. The molecular weight excluding hydrogens is 497 g/mol. The van der Waals surface area contributed by atoms with E-state index in [0.717, 1.165) is 16.6 Å². The molecule has 0 spiro atoms. The molecule has 0 amide bonds. The third-order valence-electron chi connectivity index (χ3n) is 6.07. The number of nitro groups is 1. The summed E-state index contributed by atoms with van der Waals surface area (Å²) in [5.41, 5.74) is 0.404. The van der Waals surface area contributed by atoms with E-state index in [1.807, 2.05) is 0 Å². The molecule has 1 heterocycles. The Bertz CT molecular complexity index is 1370. The molecule has 11 nitrogen and oxygen atoms in total. The molecule has 0 saturated carbocycles. The molecule has 0 aliphatic rings. The SMILES string of the molecule is Cn1c(NCCN(CCCc2ccc([N+](=O)[O-])cc2)CCOC(=O)c2ccc(F)cc2)cc(=O)n(C)c1=O. The van der Waals surface area contributed by atoms with Crippen molar-refractivity contribution in [1.82, 2.24) is 14.0 Å². The normalized spacial score (nSPS) is 10.9. The second-order valence-electron chi connectivity index (χ2n) is 8.71. The highest BCUT2D eigenvalue weighted by Gasteiger charge is 2.12. The summed E-state index contributed by atoms with van der Waals surface area (Å²) in [5, 5.41) is 14.0. The van der Waals surface area contributed by atoms with Crippen molar-refractivity contribution < 1.29 is 18.8 Å². The molecule has 1 aromatic heterocycles. The van der Waals surface area contributed by atoms with E-state index in [0.29, 0.717) is 38.4 Å². The van der Waals surface area contributed by atoms with Crippen molar-refractivity contribution in [2.75, 3.05) is 38.1 Å². The molecule has 1 N–H and O–H groups in total. The number of esters is 1. The van der Waals surface area contributed by atoms with Crippen LogP contribution in [-0.2, 0) is 25.3 Å². The van der Waals surface area contributed by atoms with E-state index in [4.69, 9.17) is 4.74 Å². The molecule has 0 fully saturated rings. The van der Waals surface area contributed by atoms with Gasteiger partial charge < -0.3 is 10.1 Å². The van der Waals surface area contributed by atoms with Crippen LogP contribution in [0.5, 0.6) is 0 Å². The fraction of sp³-hybridized carbons (Fsp3) is 0.346. The zero-order chi connectivity index (χ0) is 27.7. The quantitative estimate of drug-likeness (QED) is 0.204. The molecule has 3 rings (SSSR count). The largest absolute Gasteiger partial charge is 0.461 e. The first-order chi connectivity index (χ1) is 18.2. The van der Waals surface area contributed by atoms with E-state index in [1.54, 1.807) is 19.2 Å². The van der Waals surface area contributed by atoms with Crippen molar-refractivity contribution in [1.29, 1.82) is 0 Å². The van der Waals surface area contributed by atoms with Gasteiger partial charge in [0.05, 0.1) is 10.5 Å². The van der Waals surface area contributed by atoms with Crippen molar-refractivity contribution in [3.63, 3.8) is 0 Å². The summed E-state index contributed by atoms with van der Waals surface area (Å²) in [6.45, 7) is 2.12. The van der Waals surface area contributed by atoms with Crippen LogP contribution >= 0.6 is 0 Å². The fourth-order valence-corrected chi connectivity index (χ4v) is 3.81. The molecule has 0 saturated heterocycles. The standard InChI is InChI=1S/C26H30FN5O6/c1-29-23(18-24(33)30(2)26(29)35)28-13-15-31(14-3-4-19-5-11-22(12-6-19)32(36)37)16-17-38-25(34)20-7-9-21(27)10-8-20/h5-12,18,28H,3-4,13-17H2,1-2H3. The van der Waals surface area contributed by atoms with Crippen molar-refractivity contribution >= 4 is 17.5 Å². The Morgan fingerprint density at radius 2 is 1.71 bits per heavy atom. The van der Waals surface area contributed by atoms with Gasteiger partial charge in [-0.2, -0.15) is 0 Å². The lowest BCUT2D eigenvalue weighted by Crippen LogP contribution is -2.38. The highest BCUT2D eigenvalue weighted by Crippen LogP contribution is 2.13. The number of carbonyl (C=O) groups excluding carboxylic acids is 1. The van der Waals surface area contributed by atoms with Gasteiger partial charge in [0.2, 0.25) is 0 Å². The van der Waals surface area contributed by atoms with Gasteiger partial charge in [-0.25, -0.2) is 14.0 Å². The van der Waals surface area contributed by atoms with E-state index in [2.05, 4.69) is 10.2 Å². The lowest BCUT2D eigenvalue weighted by molar-refractivity contribution is -0.384. The molecular formula is C26H30FN5O6. The minimum absolute atomic E-state index is 0.0366. The van der Waals surface area contributed by atoms with E-state index in [1.165, 1.54) is 54.1 Å².